The predicted octanol–water partition coefficient (Wildman–Crippen LogP) is 1.86. The van der Waals surface area contributed by atoms with Crippen LogP contribution in [-0.4, -0.2) is 32.9 Å². The van der Waals surface area contributed by atoms with Crippen LogP contribution >= 0.6 is 15.9 Å². The smallest absolute Gasteiger partial charge is 0.172 e. The Balaban J connectivity index is 3.31. The Kier molecular flexibility index (Phi) is 5.17. The van der Waals surface area contributed by atoms with E-state index < -0.39 is 11.9 Å². The number of benzene rings is 1. The topological polar surface area (TPSA) is 50.7 Å². The maximum Gasteiger partial charge on any atom is 0.172 e. The minimum absolute atomic E-state index is 0.0576. The van der Waals surface area contributed by atoms with Crippen LogP contribution in [0.15, 0.2) is 10.5 Å². The Morgan fingerprint density at radius 2 is 2.00 bits per heavy atom. The van der Waals surface area contributed by atoms with E-state index in [1.165, 1.54) is 20.3 Å². The molecule has 17 heavy (non-hydrogen) atoms. The van der Waals surface area contributed by atoms with Crippen molar-refractivity contribution < 1.29 is 19.0 Å². The first kappa shape index (κ1) is 14.2. The quantitative estimate of drug-likeness (QED) is 0.872. The summed E-state index contributed by atoms with van der Waals surface area (Å²) in [6.07, 6.45) is -0.855. The second kappa shape index (κ2) is 6.18. The number of hydrogen-bond donors (Lipinski definition) is 2. The monoisotopic (exact) mass is 307 g/mol. The normalized spacial score (nSPS) is 12.4. The fourth-order valence-electron chi connectivity index (χ4n) is 1.55. The molecule has 2 N–H and O–H groups in total. The Morgan fingerprint density at radius 3 is 2.47 bits per heavy atom. The Bertz CT molecular complexity index is 401. The lowest BCUT2D eigenvalue weighted by Gasteiger charge is -2.18. The van der Waals surface area contributed by atoms with Crippen LogP contribution in [0.4, 0.5) is 4.39 Å². The average molecular weight is 308 g/mol. The van der Waals surface area contributed by atoms with Crippen LogP contribution in [0.2, 0.25) is 0 Å². The number of aliphatic hydroxyl groups excluding tert-OH is 1. The van der Waals surface area contributed by atoms with Crippen molar-refractivity contribution in [3.8, 4) is 11.5 Å². The number of likely N-dealkylation sites (N-methyl/N-ethyl adjacent to an activating group) is 1. The van der Waals surface area contributed by atoms with Gasteiger partial charge in [0.1, 0.15) is 10.2 Å². The van der Waals surface area contributed by atoms with Crippen molar-refractivity contribution in [1.29, 1.82) is 0 Å². The molecular formula is C11H15BrFNO3. The van der Waals surface area contributed by atoms with Gasteiger partial charge in [-0.1, -0.05) is 0 Å². The second-order valence-corrected chi connectivity index (χ2v) is 4.19. The van der Waals surface area contributed by atoms with Gasteiger partial charge in [-0.25, -0.2) is 4.39 Å². The molecule has 0 amide bonds. The zero-order valence-electron chi connectivity index (χ0n) is 9.88. The van der Waals surface area contributed by atoms with Gasteiger partial charge in [-0.05, 0) is 29.0 Å². The van der Waals surface area contributed by atoms with E-state index in [0.717, 1.165) is 0 Å². The molecule has 1 rings (SSSR count). The first-order chi connectivity index (χ1) is 8.06. The minimum atomic E-state index is -0.855. The fourth-order valence-corrected chi connectivity index (χ4v) is 2.29. The van der Waals surface area contributed by atoms with Crippen LogP contribution in [0.5, 0.6) is 11.5 Å². The molecule has 0 aromatic heterocycles. The number of hydrogen-bond acceptors (Lipinski definition) is 4. The van der Waals surface area contributed by atoms with Crippen LogP contribution in [0.3, 0.4) is 0 Å². The molecule has 1 aromatic rings. The highest BCUT2D eigenvalue weighted by atomic mass is 79.9. The van der Waals surface area contributed by atoms with E-state index in [-0.39, 0.29) is 5.75 Å². The highest BCUT2D eigenvalue weighted by Crippen LogP contribution is 2.41. The van der Waals surface area contributed by atoms with Crippen molar-refractivity contribution in [3.63, 3.8) is 0 Å². The van der Waals surface area contributed by atoms with Crippen molar-refractivity contribution in [2.24, 2.45) is 0 Å². The first-order valence-corrected chi connectivity index (χ1v) is 5.78. The van der Waals surface area contributed by atoms with Crippen molar-refractivity contribution in [1.82, 2.24) is 5.32 Å². The third kappa shape index (κ3) is 2.88. The summed E-state index contributed by atoms with van der Waals surface area (Å²) in [7, 11) is 4.52. The maximum atomic E-state index is 13.7. The van der Waals surface area contributed by atoms with Gasteiger partial charge in [-0.2, -0.15) is 0 Å². The van der Waals surface area contributed by atoms with E-state index >= 15 is 0 Å². The zero-order valence-corrected chi connectivity index (χ0v) is 11.5. The van der Waals surface area contributed by atoms with Crippen molar-refractivity contribution in [2.75, 3.05) is 27.8 Å². The lowest BCUT2D eigenvalue weighted by atomic mass is 10.1. The molecule has 4 nitrogen and oxygen atoms in total. The van der Waals surface area contributed by atoms with E-state index in [4.69, 9.17) is 9.47 Å². The summed E-state index contributed by atoms with van der Waals surface area (Å²) in [4.78, 5) is 0. The number of nitrogens with one attached hydrogen (secondary N) is 1. The van der Waals surface area contributed by atoms with Crippen LogP contribution in [0.25, 0.3) is 0 Å². The first-order valence-electron chi connectivity index (χ1n) is 4.99. The lowest BCUT2D eigenvalue weighted by Crippen LogP contribution is -2.17. The molecule has 6 heteroatoms. The molecule has 1 aromatic carbocycles. The molecule has 0 saturated heterocycles. The summed E-state index contributed by atoms with van der Waals surface area (Å²) in [6, 6.07) is 1.21. The van der Waals surface area contributed by atoms with Gasteiger partial charge in [0.25, 0.3) is 0 Å². The van der Waals surface area contributed by atoms with Gasteiger partial charge in [-0.15, -0.1) is 0 Å². The van der Waals surface area contributed by atoms with E-state index in [0.29, 0.717) is 22.3 Å². The number of methoxy groups -OCH3 is 2. The maximum absolute atomic E-state index is 13.7. The lowest BCUT2D eigenvalue weighted by molar-refractivity contribution is 0.172. The molecule has 0 aliphatic heterocycles. The number of aliphatic hydroxyl groups is 1. The summed E-state index contributed by atoms with van der Waals surface area (Å²) in [5.41, 5.74) is 0.368. The molecule has 1 unspecified atom stereocenters. The van der Waals surface area contributed by atoms with Crippen LogP contribution in [-0.2, 0) is 0 Å². The molecule has 1 atom stereocenters. The van der Waals surface area contributed by atoms with Gasteiger partial charge in [0, 0.05) is 12.1 Å². The van der Waals surface area contributed by atoms with Gasteiger partial charge in [0.15, 0.2) is 11.6 Å². The molecule has 0 aliphatic rings. The van der Waals surface area contributed by atoms with Gasteiger partial charge in [0.05, 0.1) is 20.3 Å². The van der Waals surface area contributed by atoms with Crippen LogP contribution in [0.1, 0.15) is 11.7 Å². The Hall–Kier alpha value is -0.850. The largest absolute Gasteiger partial charge is 0.495 e. The molecule has 0 heterocycles. The summed E-state index contributed by atoms with van der Waals surface area (Å²) in [5, 5.41) is 12.7. The van der Waals surface area contributed by atoms with Crippen LogP contribution < -0.4 is 14.8 Å². The minimum Gasteiger partial charge on any atom is -0.495 e. The van der Waals surface area contributed by atoms with Gasteiger partial charge < -0.3 is 19.9 Å². The second-order valence-electron chi connectivity index (χ2n) is 3.40. The van der Waals surface area contributed by atoms with Gasteiger partial charge in [-0.3, -0.25) is 0 Å². The predicted molar refractivity (Wildman–Crippen MR) is 66.1 cm³/mol. The average Bonchev–Trinajstić information content (AvgIpc) is 2.29. The zero-order chi connectivity index (χ0) is 13.0. The Labute approximate surface area is 108 Å². The van der Waals surface area contributed by atoms with Gasteiger partial charge in [0.2, 0.25) is 0 Å². The molecule has 0 radical (unpaired) electrons. The molecule has 0 spiro atoms. The summed E-state index contributed by atoms with van der Waals surface area (Å²) in [5.74, 6) is -0.126. The third-order valence-electron chi connectivity index (χ3n) is 2.32. The standard InChI is InChI=1S/C11H15BrFNO3/c1-14-5-8(15)6-4-7(13)11(17-3)9(12)10(6)16-2/h4,8,14-15H,5H2,1-3H3. The van der Waals surface area contributed by atoms with Crippen molar-refractivity contribution in [2.45, 2.75) is 6.10 Å². The SMILES string of the molecule is CNCC(O)c1cc(F)c(OC)c(Br)c1OC. The summed E-state index contributed by atoms with van der Waals surface area (Å²) in [6.45, 7) is 0.300. The number of ether oxygens (including phenoxy) is 2. The van der Waals surface area contributed by atoms with Crippen LogP contribution in [0, 0.1) is 5.82 Å². The molecule has 0 aliphatic carbocycles. The molecule has 96 valence electrons. The Morgan fingerprint density at radius 1 is 1.41 bits per heavy atom. The van der Waals surface area contributed by atoms with E-state index in [9.17, 15) is 9.50 Å². The van der Waals surface area contributed by atoms with Gasteiger partial charge >= 0.3 is 0 Å². The molecule has 0 saturated carbocycles. The fraction of sp³-hybridized carbons (Fsp3) is 0.455. The van der Waals surface area contributed by atoms with Crippen molar-refractivity contribution >= 4 is 15.9 Å². The molecule has 0 fully saturated rings. The highest BCUT2D eigenvalue weighted by Gasteiger charge is 2.22. The van der Waals surface area contributed by atoms with Crippen molar-refractivity contribution in [3.05, 3.63) is 21.9 Å². The summed E-state index contributed by atoms with van der Waals surface area (Å²) >= 11 is 3.20. The van der Waals surface area contributed by atoms with E-state index in [2.05, 4.69) is 21.2 Å². The third-order valence-corrected chi connectivity index (χ3v) is 3.04. The van der Waals surface area contributed by atoms with E-state index in [1.54, 1.807) is 7.05 Å². The van der Waals surface area contributed by atoms with E-state index in [1.807, 2.05) is 0 Å². The number of rotatable bonds is 5. The summed E-state index contributed by atoms with van der Waals surface area (Å²) < 4.78 is 24.1. The molecular weight excluding hydrogens is 293 g/mol. The number of halogens is 2. The highest BCUT2D eigenvalue weighted by molar-refractivity contribution is 9.10. The molecule has 0 bridgehead atoms.